The molecule has 3 aromatic carbocycles. The first-order chi connectivity index (χ1) is 13.7. The summed E-state index contributed by atoms with van der Waals surface area (Å²) in [6.07, 6.45) is 1.83. The van der Waals surface area contributed by atoms with Gasteiger partial charge in [-0.1, -0.05) is 90.4 Å². The van der Waals surface area contributed by atoms with Crippen LogP contribution in [0, 0.1) is 0 Å². The first-order valence-corrected chi connectivity index (χ1v) is 9.02. The van der Waals surface area contributed by atoms with Gasteiger partial charge in [0.25, 0.3) is 0 Å². The molecule has 0 amide bonds. The molecular weight excluding hydrogens is 341 g/mol. The molecule has 0 atom stereocenters. The molecule has 4 heteroatoms. The van der Waals surface area contributed by atoms with Gasteiger partial charge in [0.2, 0.25) is 0 Å². The number of amidine groups is 1. The van der Waals surface area contributed by atoms with Crippen LogP contribution in [0.3, 0.4) is 0 Å². The van der Waals surface area contributed by atoms with Crippen molar-refractivity contribution in [1.29, 1.82) is 0 Å². The van der Waals surface area contributed by atoms with Crippen LogP contribution in [0.15, 0.2) is 102 Å². The molecule has 0 saturated carbocycles. The highest BCUT2D eigenvalue weighted by Gasteiger charge is 2.10. The Hall–Kier alpha value is -3.66. The van der Waals surface area contributed by atoms with Gasteiger partial charge in [-0.05, 0) is 17.2 Å². The molecule has 3 nitrogen and oxygen atoms in total. The topological polar surface area (TPSA) is 51.3 Å². The predicted octanol–water partition coefficient (Wildman–Crippen LogP) is 4.25. The number of rotatable bonds is 4. The van der Waals surface area contributed by atoms with Crippen LogP contribution < -0.4 is 11.2 Å². The minimum Gasteiger partial charge on any atom is -0.383 e. The number of aliphatic imine (C=N–C) groups is 1. The van der Waals surface area contributed by atoms with E-state index in [0.29, 0.717) is 17.1 Å². The van der Waals surface area contributed by atoms with E-state index in [4.69, 9.17) is 13.6 Å². The number of nitrogens with two attached hydrogens (primary N) is 1. The molecule has 132 valence electrons. The van der Waals surface area contributed by atoms with Crippen molar-refractivity contribution in [3.63, 3.8) is 0 Å². The van der Waals surface area contributed by atoms with Crippen LogP contribution in [0.1, 0.15) is 5.56 Å². The first kappa shape index (κ1) is 17.7. The minimum absolute atomic E-state index is 0.400. The second kappa shape index (κ2) is 7.93. The molecule has 0 saturated heterocycles. The van der Waals surface area contributed by atoms with Gasteiger partial charge in [-0.15, -0.1) is 0 Å². The molecule has 0 unspecified atom stereocenters. The summed E-state index contributed by atoms with van der Waals surface area (Å²) in [4.78, 5) is 9.23. The largest absolute Gasteiger partial charge is 0.383 e. The Morgan fingerprint density at radius 1 is 0.750 bits per heavy atom. The molecule has 2 N–H and O–H groups in total. The van der Waals surface area contributed by atoms with Crippen molar-refractivity contribution in [2.24, 2.45) is 10.7 Å². The van der Waals surface area contributed by atoms with Crippen LogP contribution in [0.2, 0.25) is 0 Å². The van der Waals surface area contributed by atoms with Crippen molar-refractivity contribution in [3.05, 3.63) is 103 Å². The Balaban J connectivity index is 1.82. The van der Waals surface area contributed by atoms with E-state index in [-0.39, 0.29) is 0 Å². The molecular formula is C24H18BN3. The summed E-state index contributed by atoms with van der Waals surface area (Å²) < 4.78 is 0. The lowest BCUT2D eigenvalue weighted by Crippen LogP contribution is -2.14. The third-order valence-corrected chi connectivity index (χ3v) is 4.49. The molecule has 0 aliphatic heterocycles. The second-order valence-corrected chi connectivity index (χ2v) is 6.45. The third-order valence-electron chi connectivity index (χ3n) is 4.49. The van der Waals surface area contributed by atoms with Gasteiger partial charge < -0.3 is 5.73 Å². The molecule has 0 spiro atoms. The van der Waals surface area contributed by atoms with Crippen molar-refractivity contribution >= 4 is 25.0 Å². The Kier molecular flexibility index (Phi) is 5.02. The number of hydrogen-bond acceptors (Lipinski definition) is 2. The molecule has 2 radical (unpaired) electrons. The maximum Gasteiger partial charge on any atom is 0.162 e. The summed E-state index contributed by atoms with van der Waals surface area (Å²) in [7, 11) is 5.76. The summed E-state index contributed by atoms with van der Waals surface area (Å²) in [5.41, 5.74) is 11.8. The molecule has 28 heavy (non-hydrogen) atoms. The minimum atomic E-state index is 0.400. The van der Waals surface area contributed by atoms with Crippen LogP contribution >= 0.6 is 0 Å². The molecule has 4 rings (SSSR count). The SMILES string of the molecule is [B]c1ccc(C(N)=Nc2ncc(-c3ccccc3)cc2-c2ccccc2)cc1. The van der Waals surface area contributed by atoms with Crippen LogP contribution in [0.25, 0.3) is 22.3 Å². The van der Waals surface area contributed by atoms with Crippen LogP contribution in [-0.4, -0.2) is 18.7 Å². The standard InChI is InChI=1S/C24H18BN3/c25-21-13-11-19(12-14-21)23(26)28-24-22(18-9-5-2-6-10-18)15-20(16-27-24)17-7-3-1-4-8-17/h1-16H,(H2,26,27,28). The quantitative estimate of drug-likeness (QED) is 0.337. The van der Waals surface area contributed by atoms with Crippen LogP contribution in [-0.2, 0) is 0 Å². The van der Waals surface area contributed by atoms with Gasteiger partial charge in [-0.2, -0.15) is 0 Å². The smallest absolute Gasteiger partial charge is 0.162 e. The Labute approximate surface area is 166 Å². The van der Waals surface area contributed by atoms with Crippen molar-refractivity contribution in [1.82, 2.24) is 4.98 Å². The van der Waals surface area contributed by atoms with E-state index in [9.17, 15) is 0 Å². The highest BCUT2D eigenvalue weighted by atomic mass is 15.0. The molecule has 4 aromatic rings. The van der Waals surface area contributed by atoms with E-state index in [1.54, 1.807) is 0 Å². The maximum absolute atomic E-state index is 6.24. The third kappa shape index (κ3) is 3.86. The van der Waals surface area contributed by atoms with Gasteiger partial charge in [0.1, 0.15) is 13.7 Å². The fraction of sp³-hybridized carbons (Fsp3) is 0. The monoisotopic (exact) mass is 359 g/mol. The van der Waals surface area contributed by atoms with E-state index in [1.807, 2.05) is 79.0 Å². The zero-order valence-electron chi connectivity index (χ0n) is 15.3. The van der Waals surface area contributed by atoms with Crippen molar-refractivity contribution < 1.29 is 0 Å². The molecule has 0 fully saturated rings. The number of benzene rings is 3. The van der Waals surface area contributed by atoms with Crippen LogP contribution in [0.4, 0.5) is 5.82 Å². The fourth-order valence-corrected chi connectivity index (χ4v) is 3.00. The fourth-order valence-electron chi connectivity index (χ4n) is 3.00. The second-order valence-electron chi connectivity index (χ2n) is 6.45. The maximum atomic E-state index is 6.24. The summed E-state index contributed by atoms with van der Waals surface area (Å²) in [6, 6.07) is 29.7. The van der Waals surface area contributed by atoms with Crippen molar-refractivity contribution in [2.75, 3.05) is 0 Å². The summed E-state index contributed by atoms with van der Waals surface area (Å²) in [5, 5.41) is 0. The molecule has 1 aromatic heterocycles. The average Bonchev–Trinajstić information content (AvgIpc) is 2.75. The summed E-state index contributed by atoms with van der Waals surface area (Å²) in [6.45, 7) is 0. The van der Waals surface area contributed by atoms with Gasteiger partial charge in [0.15, 0.2) is 5.82 Å². The summed E-state index contributed by atoms with van der Waals surface area (Å²) >= 11 is 0. The van der Waals surface area contributed by atoms with Crippen molar-refractivity contribution in [2.45, 2.75) is 0 Å². The van der Waals surface area contributed by atoms with Crippen molar-refractivity contribution in [3.8, 4) is 22.3 Å². The average molecular weight is 359 g/mol. The zero-order valence-corrected chi connectivity index (χ0v) is 15.3. The van der Waals surface area contributed by atoms with E-state index in [2.05, 4.69) is 28.2 Å². The Morgan fingerprint density at radius 2 is 1.36 bits per heavy atom. The number of hydrogen-bond donors (Lipinski definition) is 1. The van der Waals surface area contributed by atoms with E-state index in [0.717, 1.165) is 27.8 Å². The number of pyridine rings is 1. The number of aromatic nitrogens is 1. The van der Waals surface area contributed by atoms with E-state index >= 15 is 0 Å². The molecule has 0 bridgehead atoms. The van der Waals surface area contributed by atoms with Crippen LogP contribution in [0.5, 0.6) is 0 Å². The molecule has 0 aliphatic rings. The number of nitrogens with zero attached hydrogens (tertiary/aromatic N) is 2. The van der Waals surface area contributed by atoms with Gasteiger partial charge in [0.05, 0.1) is 0 Å². The Morgan fingerprint density at radius 3 is 2.00 bits per heavy atom. The first-order valence-electron chi connectivity index (χ1n) is 9.02. The highest BCUT2D eigenvalue weighted by Crippen LogP contribution is 2.32. The molecule has 1 heterocycles. The van der Waals surface area contributed by atoms with Gasteiger partial charge in [-0.25, -0.2) is 9.98 Å². The Bertz CT molecular complexity index is 1110. The predicted molar refractivity (Wildman–Crippen MR) is 117 cm³/mol. The van der Waals surface area contributed by atoms with E-state index in [1.165, 1.54) is 0 Å². The molecule has 0 aliphatic carbocycles. The van der Waals surface area contributed by atoms with Gasteiger partial charge in [-0.3, -0.25) is 0 Å². The zero-order chi connectivity index (χ0) is 19.3. The summed E-state index contributed by atoms with van der Waals surface area (Å²) in [5.74, 6) is 0.984. The normalized spacial score (nSPS) is 11.4. The van der Waals surface area contributed by atoms with Gasteiger partial charge in [0, 0.05) is 22.9 Å². The lowest BCUT2D eigenvalue weighted by atomic mass is 9.95. The highest BCUT2D eigenvalue weighted by molar-refractivity contribution is 6.32. The lowest BCUT2D eigenvalue weighted by Gasteiger charge is -2.10. The lowest BCUT2D eigenvalue weighted by molar-refractivity contribution is 1.26. The van der Waals surface area contributed by atoms with Gasteiger partial charge >= 0.3 is 0 Å². The van der Waals surface area contributed by atoms with E-state index < -0.39 is 0 Å².